The van der Waals surface area contributed by atoms with Crippen LogP contribution in [0.3, 0.4) is 0 Å². The van der Waals surface area contributed by atoms with Crippen molar-refractivity contribution in [3.05, 3.63) is 54.0 Å². The number of guanidine groups is 1. The molecular formula is C23H29N7O2. The fourth-order valence-corrected chi connectivity index (χ4v) is 4.16. The van der Waals surface area contributed by atoms with E-state index in [2.05, 4.69) is 44.4 Å². The first-order chi connectivity index (χ1) is 15.8. The van der Waals surface area contributed by atoms with Gasteiger partial charge >= 0.3 is 0 Å². The van der Waals surface area contributed by atoms with Crippen molar-refractivity contribution in [3.8, 4) is 11.5 Å². The lowest BCUT2D eigenvalue weighted by atomic mass is 10.1. The van der Waals surface area contributed by atoms with E-state index in [0.29, 0.717) is 13.3 Å². The molecule has 3 aromatic rings. The van der Waals surface area contributed by atoms with Crippen LogP contribution in [0.25, 0.3) is 5.65 Å². The van der Waals surface area contributed by atoms with Crippen LogP contribution < -0.4 is 14.8 Å². The highest BCUT2D eigenvalue weighted by Gasteiger charge is 2.21. The number of ether oxygens (including phenoxy) is 2. The molecule has 1 N–H and O–H groups in total. The van der Waals surface area contributed by atoms with Gasteiger partial charge in [-0.05, 0) is 36.8 Å². The summed E-state index contributed by atoms with van der Waals surface area (Å²) in [6.07, 6.45) is 2.75. The fraction of sp³-hybridized carbons (Fsp3) is 0.435. The monoisotopic (exact) mass is 435 g/mol. The van der Waals surface area contributed by atoms with E-state index in [9.17, 15) is 0 Å². The van der Waals surface area contributed by atoms with Crippen molar-refractivity contribution >= 4 is 11.6 Å². The van der Waals surface area contributed by atoms with Crippen LogP contribution in [0.15, 0.2) is 47.6 Å². The number of benzene rings is 1. The summed E-state index contributed by atoms with van der Waals surface area (Å²) in [5.41, 5.74) is 2.13. The molecule has 0 aliphatic carbocycles. The second-order valence-corrected chi connectivity index (χ2v) is 7.98. The number of aliphatic imine (C=N–C) groups is 1. The Morgan fingerprint density at radius 1 is 1.06 bits per heavy atom. The average molecular weight is 436 g/mol. The van der Waals surface area contributed by atoms with Gasteiger partial charge in [0.2, 0.25) is 6.79 Å². The summed E-state index contributed by atoms with van der Waals surface area (Å²) in [4.78, 5) is 9.69. The van der Waals surface area contributed by atoms with Crippen LogP contribution in [0.5, 0.6) is 11.5 Å². The van der Waals surface area contributed by atoms with Crippen LogP contribution in [0.4, 0.5) is 0 Å². The summed E-state index contributed by atoms with van der Waals surface area (Å²) in [5.74, 6) is 3.60. The number of aromatic nitrogens is 3. The van der Waals surface area contributed by atoms with Crippen LogP contribution in [0.1, 0.15) is 18.3 Å². The lowest BCUT2D eigenvalue weighted by Gasteiger charge is -2.36. The maximum Gasteiger partial charge on any atom is 0.231 e. The van der Waals surface area contributed by atoms with Gasteiger partial charge < -0.3 is 19.7 Å². The van der Waals surface area contributed by atoms with Gasteiger partial charge in [-0.1, -0.05) is 12.1 Å². The second-order valence-electron chi connectivity index (χ2n) is 7.98. The maximum atomic E-state index is 5.51. The quantitative estimate of drug-likeness (QED) is 0.467. The van der Waals surface area contributed by atoms with Crippen molar-refractivity contribution in [2.75, 3.05) is 46.1 Å². The van der Waals surface area contributed by atoms with Crippen LogP contribution >= 0.6 is 0 Å². The molecule has 9 nitrogen and oxygen atoms in total. The molecule has 5 rings (SSSR count). The smallest absolute Gasteiger partial charge is 0.231 e. The Morgan fingerprint density at radius 2 is 1.94 bits per heavy atom. The van der Waals surface area contributed by atoms with Crippen molar-refractivity contribution in [1.82, 2.24) is 29.7 Å². The number of fused-ring (bicyclic) bond motifs is 2. The van der Waals surface area contributed by atoms with Gasteiger partial charge in [0, 0.05) is 58.4 Å². The summed E-state index contributed by atoms with van der Waals surface area (Å²) < 4.78 is 12.9. The predicted molar refractivity (Wildman–Crippen MR) is 122 cm³/mol. The highest BCUT2D eigenvalue weighted by Crippen LogP contribution is 2.32. The second kappa shape index (κ2) is 9.44. The van der Waals surface area contributed by atoms with E-state index in [4.69, 9.17) is 14.5 Å². The van der Waals surface area contributed by atoms with E-state index in [1.165, 1.54) is 5.56 Å². The van der Waals surface area contributed by atoms with E-state index >= 15 is 0 Å². The highest BCUT2D eigenvalue weighted by molar-refractivity contribution is 5.80. The zero-order chi connectivity index (χ0) is 21.8. The molecule has 0 atom stereocenters. The molecule has 2 aliphatic heterocycles. The van der Waals surface area contributed by atoms with Crippen molar-refractivity contribution in [3.63, 3.8) is 0 Å². The first-order valence-electron chi connectivity index (χ1n) is 11.2. The Morgan fingerprint density at radius 3 is 2.81 bits per heavy atom. The van der Waals surface area contributed by atoms with Crippen LogP contribution in [-0.4, -0.2) is 76.4 Å². The minimum atomic E-state index is 0.317. The number of pyridine rings is 1. The molecule has 2 aliphatic rings. The van der Waals surface area contributed by atoms with Gasteiger partial charge in [0.15, 0.2) is 23.1 Å². The van der Waals surface area contributed by atoms with Gasteiger partial charge in [-0.3, -0.25) is 14.3 Å². The van der Waals surface area contributed by atoms with E-state index in [0.717, 1.165) is 74.6 Å². The van der Waals surface area contributed by atoms with Gasteiger partial charge in [-0.25, -0.2) is 0 Å². The Balaban J connectivity index is 1.16. The molecule has 0 unspecified atom stereocenters. The zero-order valence-corrected chi connectivity index (χ0v) is 18.4. The molecule has 0 amide bonds. The summed E-state index contributed by atoms with van der Waals surface area (Å²) >= 11 is 0. The summed E-state index contributed by atoms with van der Waals surface area (Å²) in [5, 5.41) is 12.0. The molecule has 32 heavy (non-hydrogen) atoms. The molecule has 9 heteroatoms. The molecule has 1 saturated heterocycles. The van der Waals surface area contributed by atoms with Crippen LogP contribution in [0, 0.1) is 0 Å². The van der Waals surface area contributed by atoms with E-state index < -0.39 is 0 Å². The minimum absolute atomic E-state index is 0.317. The van der Waals surface area contributed by atoms with Crippen molar-refractivity contribution in [2.45, 2.75) is 19.9 Å². The molecule has 2 aromatic heterocycles. The number of hydrogen-bond donors (Lipinski definition) is 1. The van der Waals surface area contributed by atoms with Crippen molar-refractivity contribution < 1.29 is 9.47 Å². The lowest BCUT2D eigenvalue weighted by Crippen LogP contribution is -2.52. The van der Waals surface area contributed by atoms with Gasteiger partial charge in [0.1, 0.15) is 5.82 Å². The normalized spacial score (nSPS) is 16.7. The summed E-state index contributed by atoms with van der Waals surface area (Å²) in [7, 11) is 0. The van der Waals surface area contributed by atoms with E-state index in [1.54, 1.807) is 0 Å². The molecular weight excluding hydrogens is 406 g/mol. The molecule has 168 valence electrons. The lowest BCUT2D eigenvalue weighted by molar-refractivity contribution is 0.171. The molecule has 1 aromatic carbocycles. The maximum absolute atomic E-state index is 5.51. The Labute approximate surface area is 187 Å². The third-order valence-corrected chi connectivity index (χ3v) is 5.83. The number of nitrogens with one attached hydrogen (secondary N) is 1. The molecule has 0 radical (unpaired) electrons. The van der Waals surface area contributed by atoms with Crippen LogP contribution in [0.2, 0.25) is 0 Å². The third-order valence-electron chi connectivity index (χ3n) is 5.83. The first kappa shape index (κ1) is 20.6. The number of piperazine rings is 1. The van der Waals surface area contributed by atoms with Gasteiger partial charge in [0.05, 0.1) is 0 Å². The Kier molecular flexibility index (Phi) is 6.06. The van der Waals surface area contributed by atoms with Gasteiger partial charge in [-0.2, -0.15) is 0 Å². The number of rotatable bonds is 6. The SMILES string of the molecule is CCNC(=NCCc1nnc2ccccn12)N1CCN(Cc2ccc3c(c2)OCO3)CC1. The minimum Gasteiger partial charge on any atom is -0.454 e. The zero-order valence-electron chi connectivity index (χ0n) is 18.4. The Hall–Kier alpha value is -3.33. The largest absolute Gasteiger partial charge is 0.454 e. The number of nitrogens with zero attached hydrogens (tertiary/aromatic N) is 6. The van der Waals surface area contributed by atoms with E-state index in [1.807, 2.05) is 34.9 Å². The average Bonchev–Trinajstić information content (AvgIpc) is 3.46. The topological polar surface area (TPSA) is 79.5 Å². The Bertz CT molecular complexity index is 1090. The van der Waals surface area contributed by atoms with Crippen molar-refractivity contribution in [1.29, 1.82) is 0 Å². The van der Waals surface area contributed by atoms with Gasteiger partial charge in [-0.15, -0.1) is 10.2 Å². The predicted octanol–water partition coefficient (Wildman–Crippen LogP) is 1.78. The summed E-state index contributed by atoms with van der Waals surface area (Å²) in [6, 6.07) is 12.2. The number of hydrogen-bond acceptors (Lipinski definition) is 6. The van der Waals surface area contributed by atoms with E-state index in [-0.39, 0.29) is 0 Å². The summed E-state index contributed by atoms with van der Waals surface area (Å²) in [6.45, 7) is 8.75. The van der Waals surface area contributed by atoms with Crippen LogP contribution in [-0.2, 0) is 13.0 Å². The van der Waals surface area contributed by atoms with Crippen molar-refractivity contribution in [2.24, 2.45) is 4.99 Å². The molecule has 0 saturated carbocycles. The fourth-order valence-electron chi connectivity index (χ4n) is 4.16. The molecule has 0 spiro atoms. The molecule has 0 bridgehead atoms. The molecule has 4 heterocycles. The highest BCUT2D eigenvalue weighted by atomic mass is 16.7. The van der Waals surface area contributed by atoms with Gasteiger partial charge in [0.25, 0.3) is 0 Å². The standard InChI is InChI=1S/C23H29N7O2/c1-2-24-23(25-9-8-22-27-26-21-5-3-4-10-30(21)22)29-13-11-28(12-14-29)16-18-6-7-19-20(15-18)32-17-31-19/h3-7,10,15H,2,8-9,11-14,16-17H2,1H3,(H,24,25). The molecule has 1 fully saturated rings. The first-order valence-corrected chi connectivity index (χ1v) is 11.2. The third kappa shape index (κ3) is 4.47.